The van der Waals surface area contributed by atoms with Crippen molar-refractivity contribution in [2.45, 2.75) is 156 Å². The van der Waals surface area contributed by atoms with Crippen LogP contribution in [0, 0.1) is 0 Å². The Kier molecular flexibility index (Phi) is 24.7. The van der Waals surface area contributed by atoms with E-state index in [1.165, 1.54) is 28.4 Å². The summed E-state index contributed by atoms with van der Waals surface area (Å²) in [6, 6.07) is 0. The van der Waals surface area contributed by atoms with Crippen LogP contribution in [0.2, 0.25) is 0 Å². The second-order valence-electron chi connectivity index (χ2n) is 14.3. The summed E-state index contributed by atoms with van der Waals surface area (Å²) in [4.78, 5) is 14.9. The van der Waals surface area contributed by atoms with Crippen LogP contribution in [-0.2, 0) is 56.9 Å². The molecule has 4 rings (SSSR count). The SMILES string of the molecule is C.COCC1O[C@H](OCC2O[C@H](OC)C(O)[C@@H](O)[C@@H]2O)C(O)[C@@H](O)[C@@H]1O.COCC1O[C@H](OCC2O[C@H](OC)C(O)[C@@H](OC(=O)CCCCCN=[N+]=[N-])[C@@H]2O)C(O)[C@@H](O)[C@@H]1O. The summed E-state index contributed by atoms with van der Waals surface area (Å²) in [6.07, 6.45) is -25.4. The number of aliphatic hydroxyl groups excluding tert-OH is 11. The zero-order valence-corrected chi connectivity index (χ0v) is 33.6. The Labute approximate surface area is 351 Å². The van der Waals surface area contributed by atoms with Crippen molar-refractivity contribution in [2.24, 2.45) is 5.11 Å². The van der Waals surface area contributed by atoms with Gasteiger partial charge in [0.15, 0.2) is 31.3 Å². The number of ether oxygens (including phenoxy) is 11. The second-order valence-corrected chi connectivity index (χ2v) is 14.3. The molecule has 0 amide bonds. The average molecular weight is 896 g/mol. The van der Waals surface area contributed by atoms with Gasteiger partial charge in [0.1, 0.15) is 91.6 Å². The Hall–Kier alpha value is -2.06. The molecular weight excluding hydrogens is 830 g/mol. The molecule has 0 spiro atoms. The van der Waals surface area contributed by atoms with Crippen LogP contribution in [0.1, 0.15) is 33.1 Å². The Morgan fingerprint density at radius 2 is 0.918 bits per heavy atom. The molecule has 20 atom stereocenters. The van der Waals surface area contributed by atoms with E-state index in [9.17, 15) is 61.0 Å². The highest BCUT2D eigenvalue weighted by atomic mass is 16.7. The third-order valence-electron chi connectivity index (χ3n) is 10.1. The first kappa shape index (κ1) is 55.1. The molecule has 4 saturated heterocycles. The quantitative estimate of drug-likeness (QED) is 0.0190. The van der Waals surface area contributed by atoms with Crippen LogP contribution in [0.4, 0.5) is 0 Å². The first-order chi connectivity index (χ1) is 28.6. The van der Waals surface area contributed by atoms with E-state index >= 15 is 0 Å². The van der Waals surface area contributed by atoms with E-state index in [0.717, 1.165) is 0 Å². The van der Waals surface area contributed by atoms with Gasteiger partial charge in [0, 0.05) is 46.3 Å². The van der Waals surface area contributed by atoms with E-state index in [0.29, 0.717) is 25.8 Å². The summed E-state index contributed by atoms with van der Waals surface area (Å²) in [5.74, 6) is -0.654. The number of rotatable bonds is 19. The fraction of sp³-hybridized carbons (Fsp3) is 0.971. The van der Waals surface area contributed by atoms with E-state index in [4.69, 9.17) is 57.6 Å². The smallest absolute Gasteiger partial charge is 0.306 e. The van der Waals surface area contributed by atoms with Gasteiger partial charge >= 0.3 is 5.97 Å². The zero-order chi connectivity index (χ0) is 44.7. The number of esters is 1. The van der Waals surface area contributed by atoms with Crippen LogP contribution in [0.3, 0.4) is 0 Å². The summed E-state index contributed by atoms with van der Waals surface area (Å²) in [7, 11) is 5.27. The van der Waals surface area contributed by atoms with Crippen LogP contribution in [-0.4, -0.2) is 246 Å². The van der Waals surface area contributed by atoms with E-state index in [1.807, 2.05) is 0 Å². The number of aliphatic hydroxyl groups is 11. The number of nitrogens with zero attached hydrogens (tertiary/aromatic N) is 3. The van der Waals surface area contributed by atoms with Gasteiger partial charge in [-0.3, -0.25) is 4.79 Å². The normalized spacial score (nSPS) is 41.4. The third-order valence-corrected chi connectivity index (χ3v) is 10.1. The highest BCUT2D eigenvalue weighted by Gasteiger charge is 2.50. The van der Waals surface area contributed by atoms with E-state index in [1.54, 1.807) is 0 Å². The van der Waals surface area contributed by atoms with Gasteiger partial charge in [0.05, 0.1) is 26.4 Å². The van der Waals surface area contributed by atoms with Gasteiger partial charge in [-0.1, -0.05) is 19.0 Å². The third kappa shape index (κ3) is 15.0. The number of hydrogen-bond donors (Lipinski definition) is 11. The van der Waals surface area contributed by atoms with Gasteiger partial charge in [-0.25, -0.2) is 0 Å². The number of carbonyl (C=O) groups excluding carboxylic acids is 1. The summed E-state index contributed by atoms with van der Waals surface area (Å²) in [5.41, 5.74) is 8.25. The molecule has 4 fully saturated rings. The molecule has 0 radical (unpaired) electrons. The maximum absolute atomic E-state index is 12.2. The highest BCUT2D eigenvalue weighted by Crippen LogP contribution is 2.29. The summed E-state index contributed by atoms with van der Waals surface area (Å²) in [5, 5.41) is 114. The van der Waals surface area contributed by atoms with Crippen LogP contribution >= 0.6 is 0 Å². The summed E-state index contributed by atoms with van der Waals surface area (Å²) >= 11 is 0. The molecule has 61 heavy (non-hydrogen) atoms. The monoisotopic (exact) mass is 895 g/mol. The van der Waals surface area contributed by atoms with Crippen molar-refractivity contribution in [3.05, 3.63) is 10.4 Å². The molecule has 0 saturated carbocycles. The molecular formula is C35H65N3O23. The number of unbranched alkanes of at least 4 members (excludes halogenated alkanes) is 2. The molecule has 0 aliphatic carbocycles. The molecule has 11 N–H and O–H groups in total. The molecule has 26 nitrogen and oxygen atoms in total. The first-order valence-electron chi connectivity index (χ1n) is 19.1. The molecule has 4 heterocycles. The summed E-state index contributed by atoms with van der Waals surface area (Å²) in [6.45, 7) is -0.527. The van der Waals surface area contributed by atoms with Crippen molar-refractivity contribution in [3.63, 3.8) is 0 Å². The predicted octanol–water partition coefficient (Wildman–Crippen LogP) is -5.12. The molecule has 0 aromatic heterocycles. The molecule has 0 aromatic carbocycles. The maximum Gasteiger partial charge on any atom is 0.306 e. The molecule has 0 bridgehead atoms. The Morgan fingerprint density at radius 1 is 0.525 bits per heavy atom. The topological polar surface area (TPSA) is 390 Å². The lowest BCUT2D eigenvalue weighted by Crippen LogP contribution is -2.62. The van der Waals surface area contributed by atoms with Gasteiger partial charge in [0.2, 0.25) is 0 Å². The largest absolute Gasteiger partial charge is 0.456 e. The number of hydrogen-bond acceptors (Lipinski definition) is 24. The Bertz CT molecular complexity index is 1290. The molecule has 0 aromatic rings. The van der Waals surface area contributed by atoms with Gasteiger partial charge in [-0.05, 0) is 18.4 Å². The van der Waals surface area contributed by atoms with E-state index in [-0.39, 0.29) is 33.7 Å². The summed E-state index contributed by atoms with van der Waals surface area (Å²) < 4.78 is 57.5. The van der Waals surface area contributed by atoms with Crippen molar-refractivity contribution >= 4 is 5.97 Å². The second kappa shape index (κ2) is 27.3. The van der Waals surface area contributed by atoms with Gasteiger partial charge in [-0.15, -0.1) is 0 Å². The molecule has 8 unspecified atom stereocenters. The standard InChI is InChI=1S/C20H35N3O12.C14H26O11.CH4/c1-30-8-10-13(25)15(27)16(28)20(34-10)32-9-11-14(26)18(17(29)19(31-2)33-11)35-12(24)6-4-3-5-7-22-23-21;1-21-3-5-7(15)10(18)12(20)14(25-5)23-4-6-8(16)9(17)11(19)13(22-2)24-6;/h10-11,13-20,25-29H,3-9H2,1-2H3;5-20H,3-4H2,1-2H3;1H4/t10?,11?,13-,14-,15+,16?,17?,18+,19+,20+;5?,6?,7-,8-,9+,10+,11?,12?,13+,14+;/m11./s1. The molecule has 4 aliphatic rings. The van der Waals surface area contributed by atoms with Crippen molar-refractivity contribution < 1.29 is 113 Å². The number of carbonyl (C=O) groups is 1. The average Bonchev–Trinajstić information content (AvgIpc) is 3.23. The van der Waals surface area contributed by atoms with E-state index < -0.39 is 135 Å². The number of methoxy groups -OCH3 is 4. The van der Waals surface area contributed by atoms with Crippen LogP contribution < -0.4 is 0 Å². The van der Waals surface area contributed by atoms with Crippen molar-refractivity contribution in [2.75, 3.05) is 61.4 Å². The van der Waals surface area contributed by atoms with Crippen molar-refractivity contribution in [1.82, 2.24) is 0 Å². The first-order valence-corrected chi connectivity index (χ1v) is 19.1. The molecule has 358 valence electrons. The highest BCUT2D eigenvalue weighted by molar-refractivity contribution is 5.69. The van der Waals surface area contributed by atoms with Crippen LogP contribution in [0.15, 0.2) is 5.11 Å². The Balaban J connectivity index is 0.000000435. The zero-order valence-electron chi connectivity index (χ0n) is 33.6. The van der Waals surface area contributed by atoms with E-state index in [2.05, 4.69) is 10.0 Å². The lowest BCUT2D eigenvalue weighted by molar-refractivity contribution is -0.329. The lowest BCUT2D eigenvalue weighted by atomic mass is 9.98. The Morgan fingerprint density at radius 3 is 1.34 bits per heavy atom. The van der Waals surface area contributed by atoms with Crippen molar-refractivity contribution in [3.8, 4) is 0 Å². The molecule has 4 aliphatic heterocycles. The molecule has 26 heteroatoms. The van der Waals surface area contributed by atoms with Gasteiger partial charge in [0.25, 0.3) is 0 Å². The fourth-order valence-electron chi connectivity index (χ4n) is 6.60. The maximum atomic E-state index is 12.2. The number of azide groups is 1. The minimum atomic E-state index is -1.60. The lowest BCUT2D eigenvalue weighted by Gasteiger charge is -2.43. The van der Waals surface area contributed by atoms with Crippen molar-refractivity contribution in [1.29, 1.82) is 0 Å². The van der Waals surface area contributed by atoms with Gasteiger partial charge < -0.3 is 108 Å². The minimum absolute atomic E-state index is 0. The van der Waals surface area contributed by atoms with Crippen LogP contribution in [0.25, 0.3) is 10.4 Å². The van der Waals surface area contributed by atoms with Crippen LogP contribution in [0.5, 0.6) is 0 Å². The van der Waals surface area contributed by atoms with Gasteiger partial charge in [-0.2, -0.15) is 0 Å². The predicted molar refractivity (Wildman–Crippen MR) is 199 cm³/mol. The fourth-order valence-corrected chi connectivity index (χ4v) is 6.60. The minimum Gasteiger partial charge on any atom is -0.456 e.